The van der Waals surface area contributed by atoms with Gasteiger partial charge in [0.25, 0.3) is 17.5 Å². The van der Waals surface area contributed by atoms with Gasteiger partial charge in [-0.2, -0.15) is 0 Å². The first-order valence-corrected chi connectivity index (χ1v) is 12.8. The highest BCUT2D eigenvalue weighted by molar-refractivity contribution is 6.00. The molecule has 8 nitrogen and oxygen atoms in total. The van der Waals surface area contributed by atoms with Crippen molar-refractivity contribution in [2.45, 2.75) is 26.7 Å². The van der Waals surface area contributed by atoms with E-state index in [1.807, 2.05) is 42.2 Å². The van der Waals surface area contributed by atoms with Crippen LogP contribution in [0.1, 0.15) is 44.7 Å². The van der Waals surface area contributed by atoms with E-state index < -0.39 is 16.6 Å². The van der Waals surface area contributed by atoms with Crippen LogP contribution in [-0.4, -0.2) is 57.7 Å². The van der Waals surface area contributed by atoms with Gasteiger partial charge in [0.2, 0.25) is 0 Å². The quantitative estimate of drug-likeness (QED) is 0.358. The molecule has 196 valence electrons. The molecule has 2 aliphatic rings. The lowest BCUT2D eigenvalue weighted by Gasteiger charge is -2.23. The summed E-state index contributed by atoms with van der Waals surface area (Å²) in [6, 6.07) is 13.5. The van der Waals surface area contributed by atoms with Crippen LogP contribution >= 0.6 is 0 Å². The third-order valence-corrected chi connectivity index (χ3v) is 7.92. The van der Waals surface area contributed by atoms with Crippen molar-refractivity contribution in [2.75, 3.05) is 26.2 Å². The summed E-state index contributed by atoms with van der Waals surface area (Å²) in [7, 11) is 0. The van der Waals surface area contributed by atoms with Crippen LogP contribution in [-0.2, 0) is 0 Å². The number of carbonyl (C=O) groups is 2. The summed E-state index contributed by atoms with van der Waals surface area (Å²) in [6.07, 6.45) is 3.05. The molecule has 0 aliphatic carbocycles. The van der Waals surface area contributed by atoms with Crippen LogP contribution in [0, 0.1) is 41.6 Å². The normalized spacial score (nSPS) is 19.1. The molecule has 0 saturated carbocycles. The van der Waals surface area contributed by atoms with E-state index >= 15 is 0 Å². The number of rotatable bonds is 4. The number of hydrogen-bond acceptors (Lipinski definition) is 5. The van der Waals surface area contributed by atoms with Gasteiger partial charge in [0.1, 0.15) is 5.82 Å². The van der Waals surface area contributed by atoms with E-state index in [1.54, 1.807) is 17.2 Å². The van der Waals surface area contributed by atoms with E-state index in [9.17, 15) is 24.1 Å². The molecule has 3 heterocycles. The van der Waals surface area contributed by atoms with Crippen molar-refractivity contribution in [3.63, 3.8) is 0 Å². The van der Waals surface area contributed by atoms with Gasteiger partial charge in [0.05, 0.1) is 21.7 Å². The van der Waals surface area contributed by atoms with Crippen LogP contribution in [0.4, 0.5) is 10.1 Å². The summed E-state index contributed by atoms with van der Waals surface area (Å²) in [4.78, 5) is 45.6. The Morgan fingerprint density at radius 1 is 0.947 bits per heavy atom. The van der Waals surface area contributed by atoms with Crippen molar-refractivity contribution >= 4 is 17.5 Å². The Hall–Kier alpha value is -4.14. The topological polar surface area (TPSA) is 96.7 Å². The van der Waals surface area contributed by atoms with Gasteiger partial charge in [-0.3, -0.25) is 24.7 Å². The Kier molecular flexibility index (Phi) is 6.93. The van der Waals surface area contributed by atoms with E-state index in [0.717, 1.165) is 23.3 Å². The van der Waals surface area contributed by atoms with Gasteiger partial charge in [-0.1, -0.05) is 24.3 Å². The van der Waals surface area contributed by atoms with Crippen LogP contribution < -0.4 is 0 Å². The fraction of sp³-hybridized carbons (Fsp3) is 0.345. The molecule has 0 N–H and O–H groups in total. The molecule has 3 aromatic rings. The Balaban J connectivity index is 1.30. The molecule has 38 heavy (non-hydrogen) atoms. The van der Waals surface area contributed by atoms with Crippen molar-refractivity contribution in [1.82, 2.24) is 14.8 Å². The highest BCUT2D eigenvalue weighted by Crippen LogP contribution is 2.35. The largest absolute Gasteiger partial charge is 0.339 e. The maximum atomic E-state index is 14.6. The summed E-state index contributed by atoms with van der Waals surface area (Å²) in [5.41, 5.74) is 2.77. The minimum Gasteiger partial charge on any atom is -0.339 e. The van der Waals surface area contributed by atoms with Gasteiger partial charge in [0.15, 0.2) is 0 Å². The molecule has 0 bridgehead atoms. The first kappa shape index (κ1) is 25.5. The maximum Gasteiger partial charge on any atom is 0.273 e. The number of nitrogens with zero attached hydrogens (tertiary/aromatic N) is 4. The van der Waals surface area contributed by atoms with Gasteiger partial charge >= 0.3 is 0 Å². The lowest BCUT2D eigenvalue weighted by Crippen LogP contribution is -2.35. The molecule has 2 saturated heterocycles. The molecule has 9 heteroatoms. The number of nitro benzene ring substituents is 1. The van der Waals surface area contributed by atoms with Crippen molar-refractivity contribution in [3.8, 4) is 11.3 Å². The van der Waals surface area contributed by atoms with Crippen LogP contribution in [0.15, 0.2) is 54.7 Å². The Morgan fingerprint density at radius 2 is 1.63 bits per heavy atom. The van der Waals surface area contributed by atoms with Gasteiger partial charge in [-0.05, 0) is 62.3 Å². The number of aryl methyl sites for hydroxylation is 1. The highest BCUT2D eigenvalue weighted by Gasteiger charge is 2.39. The fourth-order valence-corrected chi connectivity index (χ4v) is 5.80. The van der Waals surface area contributed by atoms with Crippen molar-refractivity contribution in [1.29, 1.82) is 0 Å². The first-order chi connectivity index (χ1) is 18.3. The molecule has 2 atom stereocenters. The number of pyridine rings is 1. The SMILES string of the molecule is Cc1ccccc1-c1ncccc1C(=O)N1C[C@H]2CCN(C(=O)c3c(F)ccc([N+](=O)[O-])c3C)CC[C@H]2C1. The number of nitro groups is 1. The third kappa shape index (κ3) is 4.64. The summed E-state index contributed by atoms with van der Waals surface area (Å²) in [6.45, 7) is 5.39. The van der Waals surface area contributed by atoms with Crippen molar-refractivity contribution in [3.05, 3.63) is 92.9 Å². The molecular weight excluding hydrogens is 487 g/mol. The minimum atomic E-state index is -0.750. The van der Waals surface area contributed by atoms with E-state index in [-0.39, 0.29) is 34.6 Å². The third-order valence-electron chi connectivity index (χ3n) is 7.92. The number of benzene rings is 2. The molecular formula is C29H29FN4O4. The van der Waals surface area contributed by atoms with Crippen molar-refractivity contribution in [2.24, 2.45) is 11.8 Å². The Labute approximate surface area is 220 Å². The molecule has 2 aromatic carbocycles. The van der Waals surface area contributed by atoms with E-state index in [4.69, 9.17) is 0 Å². The van der Waals surface area contributed by atoms with Crippen molar-refractivity contribution < 1.29 is 18.9 Å². The van der Waals surface area contributed by atoms with Crippen LogP contribution in [0.2, 0.25) is 0 Å². The minimum absolute atomic E-state index is 0.0436. The lowest BCUT2D eigenvalue weighted by molar-refractivity contribution is -0.385. The number of aromatic nitrogens is 1. The zero-order chi connectivity index (χ0) is 27.0. The van der Waals surface area contributed by atoms with Crippen LogP contribution in [0.3, 0.4) is 0 Å². The smallest absolute Gasteiger partial charge is 0.273 e. The predicted octanol–water partition coefficient (Wildman–Crippen LogP) is 5.04. The number of hydrogen-bond donors (Lipinski definition) is 0. The molecule has 0 spiro atoms. The van der Waals surface area contributed by atoms with E-state index in [0.29, 0.717) is 50.3 Å². The lowest BCUT2D eigenvalue weighted by atomic mass is 9.92. The standard InChI is InChI=1S/C29H29FN4O4/c1-18-6-3-4-7-22(18)27-23(8-5-13-31-27)28(35)33-16-20-11-14-32(15-12-21(20)17-33)29(36)26-19(2)25(34(37)38)10-9-24(26)30/h3-10,13,20-21H,11-12,14-17H2,1-2H3/t20-,21+. The Bertz CT molecular complexity index is 1410. The second-order valence-electron chi connectivity index (χ2n) is 10.1. The molecule has 2 amide bonds. The molecule has 2 fully saturated rings. The van der Waals surface area contributed by atoms with Gasteiger partial charge in [0, 0.05) is 49.6 Å². The second-order valence-corrected chi connectivity index (χ2v) is 10.1. The van der Waals surface area contributed by atoms with Gasteiger partial charge in [-0.25, -0.2) is 4.39 Å². The molecule has 2 aliphatic heterocycles. The first-order valence-electron chi connectivity index (χ1n) is 12.8. The van der Waals surface area contributed by atoms with Gasteiger partial charge < -0.3 is 9.80 Å². The fourth-order valence-electron chi connectivity index (χ4n) is 5.80. The Morgan fingerprint density at radius 3 is 2.29 bits per heavy atom. The predicted molar refractivity (Wildman–Crippen MR) is 140 cm³/mol. The summed E-state index contributed by atoms with van der Waals surface area (Å²) in [5, 5.41) is 11.3. The number of amides is 2. The average Bonchev–Trinajstić information content (AvgIpc) is 3.21. The van der Waals surface area contributed by atoms with Crippen LogP contribution in [0.25, 0.3) is 11.3 Å². The monoisotopic (exact) mass is 516 g/mol. The molecule has 0 unspecified atom stereocenters. The maximum absolute atomic E-state index is 14.6. The molecule has 5 rings (SSSR count). The number of carbonyl (C=O) groups excluding carboxylic acids is 2. The van der Waals surface area contributed by atoms with Gasteiger partial charge in [-0.15, -0.1) is 0 Å². The van der Waals surface area contributed by atoms with E-state index in [2.05, 4.69) is 4.98 Å². The van der Waals surface area contributed by atoms with Crippen LogP contribution in [0.5, 0.6) is 0 Å². The second kappa shape index (κ2) is 10.3. The number of halogens is 1. The summed E-state index contributed by atoms with van der Waals surface area (Å²) >= 11 is 0. The molecule has 0 radical (unpaired) electrons. The number of likely N-dealkylation sites (tertiary alicyclic amines) is 2. The summed E-state index contributed by atoms with van der Waals surface area (Å²) < 4.78 is 14.6. The molecule has 1 aromatic heterocycles. The number of fused-ring (bicyclic) bond motifs is 1. The zero-order valence-corrected chi connectivity index (χ0v) is 21.4. The highest BCUT2D eigenvalue weighted by atomic mass is 19.1. The van der Waals surface area contributed by atoms with E-state index in [1.165, 1.54) is 6.92 Å². The zero-order valence-electron chi connectivity index (χ0n) is 21.4. The summed E-state index contributed by atoms with van der Waals surface area (Å²) in [5.74, 6) is -0.889. The average molecular weight is 517 g/mol.